The largest absolute Gasteiger partial charge is 0.497 e. The molecule has 0 saturated carbocycles. The Morgan fingerprint density at radius 2 is 1.88 bits per heavy atom. The fourth-order valence-electron chi connectivity index (χ4n) is 1.94. The van der Waals surface area contributed by atoms with Crippen molar-refractivity contribution in [2.75, 3.05) is 14.2 Å². The molecule has 1 aromatic heterocycles. The normalized spacial score (nSPS) is 12.4. The first-order valence-electron chi connectivity index (χ1n) is 5.61. The Morgan fingerprint density at radius 1 is 1.18 bits per heavy atom. The van der Waals surface area contributed by atoms with Crippen LogP contribution in [0.2, 0.25) is 0 Å². The van der Waals surface area contributed by atoms with Gasteiger partial charge >= 0.3 is 0 Å². The summed E-state index contributed by atoms with van der Waals surface area (Å²) in [6, 6.07) is 10.7. The zero-order valence-corrected chi connectivity index (χ0v) is 11.2. The summed E-state index contributed by atoms with van der Waals surface area (Å²) < 4.78 is 5.17. The fourth-order valence-corrected chi connectivity index (χ4v) is 2.67. The molecule has 0 aliphatic carbocycles. The molecule has 17 heavy (non-hydrogen) atoms. The van der Waals surface area contributed by atoms with Crippen molar-refractivity contribution in [3.63, 3.8) is 0 Å². The van der Waals surface area contributed by atoms with Crippen molar-refractivity contribution >= 4 is 11.3 Å². The molecule has 3 heteroatoms. The zero-order valence-electron chi connectivity index (χ0n) is 10.4. The fraction of sp³-hybridized carbons (Fsp3) is 0.286. The molecule has 2 nitrogen and oxygen atoms in total. The quantitative estimate of drug-likeness (QED) is 0.894. The second kappa shape index (κ2) is 5.34. The molecule has 1 N–H and O–H groups in total. The lowest BCUT2D eigenvalue weighted by Crippen LogP contribution is -2.16. The van der Waals surface area contributed by atoms with Crippen molar-refractivity contribution in [2.45, 2.75) is 13.0 Å². The summed E-state index contributed by atoms with van der Waals surface area (Å²) in [7, 11) is 3.68. The summed E-state index contributed by atoms with van der Waals surface area (Å²) in [4.78, 5) is 1.34. The molecule has 0 fully saturated rings. The number of hydrogen-bond acceptors (Lipinski definition) is 3. The topological polar surface area (TPSA) is 21.3 Å². The lowest BCUT2D eigenvalue weighted by molar-refractivity contribution is 0.414. The third-order valence-electron chi connectivity index (χ3n) is 2.82. The molecule has 90 valence electrons. The summed E-state index contributed by atoms with van der Waals surface area (Å²) in [6.45, 7) is 2.13. The summed E-state index contributed by atoms with van der Waals surface area (Å²) in [5.41, 5.74) is 2.58. The van der Waals surface area contributed by atoms with E-state index >= 15 is 0 Å². The molecule has 1 aromatic carbocycles. The Hall–Kier alpha value is -1.32. The number of thiophene rings is 1. The summed E-state index contributed by atoms with van der Waals surface area (Å²) in [5, 5.41) is 5.56. The monoisotopic (exact) mass is 247 g/mol. The maximum atomic E-state index is 5.17. The highest BCUT2D eigenvalue weighted by atomic mass is 32.1. The van der Waals surface area contributed by atoms with Gasteiger partial charge in [-0.15, -0.1) is 11.3 Å². The molecule has 0 spiro atoms. The van der Waals surface area contributed by atoms with Crippen LogP contribution in [0.25, 0.3) is 0 Å². The van der Waals surface area contributed by atoms with E-state index in [0.29, 0.717) is 0 Å². The van der Waals surface area contributed by atoms with E-state index in [1.54, 1.807) is 18.4 Å². The Bertz CT molecular complexity index is 475. The van der Waals surface area contributed by atoms with Crippen molar-refractivity contribution in [1.82, 2.24) is 5.32 Å². The van der Waals surface area contributed by atoms with Gasteiger partial charge in [0.1, 0.15) is 5.75 Å². The van der Waals surface area contributed by atoms with Crippen LogP contribution in [-0.4, -0.2) is 14.2 Å². The third kappa shape index (κ3) is 2.68. The van der Waals surface area contributed by atoms with Gasteiger partial charge in [0.25, 0.3) is 0 Å². The second-order valence-electron chi connectivity index (χ2n) is 3.99. The van der Waals surface area contributed by atoms with Crippen molar-refractivity contribution in [1.29, 1.82) is 0 Å². The Morgan fingerprint density at radius 3 is 2.35 bits per heavy atom. The van der Waals surface area contributed by atoms with Crippen LogP contribution in [0, 0.1) is 6.92 Å². The Kier molecular flexibility index (Phi) is 3.82. The molecule has 0 aliphatic heterocycles. The Balaban J connectivity index is 2.28. The van der Waals surface area contributed by atoms with E-state index in [4.69, 9.17) is 4.74 Å². The van der Waals surface area contributed by atoms with Gasteiger partial charge in [-0.2, -0.15) is 0 Å². The minimum absolute atomic E-state index is 0.255. The number of methoxy groups -OCH3 is 1. The van der Waals surface area contributed by atoms with Crippen LogP contribution in [0.4, 0.5) is 0 Å². The van der Waals surface area contributed by atoms with Gasteiger partial charge in [-0.1, -0.05) is 12.1 Å². The van der Waals surface area contributed by atoms with Crippen LogP contribution in [0.3, 0.4) is 0 Å². The van der Waals surface area contributed by atoms with Crippen LogP contribution < -0.4 is 10.1 Å². The molecule has 1 heterocycles. The predicted molar refractivity (Wildman–Crippen MR) is 73.0 cm³/mol. The van der Waals surface area contributed by atoms with Crippen LogP contribution >= 0.6 is 11.3 Å². The average Bonchev–Trinajstić information content (AvgIpc) is 2.78. The van der Waals surface area contributed by atoms with Crippen LogP contribution in [-0.2, 0) is 0 Å². The maximum absolute atomic E-state index is 5.17. The smallest absolute Gasteiger partial charge is 0.118 e. The van der Waals surface area contributed by atoms with Crippen molar-refractivity contribution in [3.05, 3.63) is 51.7 Å². The van der Waals surface area contributed by atoms with E-state index in [2.05, 4.69) is 35.8 Å². The second-order valence-corrected chi connectivity index (χ2v) is 5.10. The molecule has 0 radical (unpaired) electrons. The number of aryl methyl sites for hydroxylation is 1. The van der Waals surface area contributed by atoms with Gasteiger partial charge in [0, 0.05) is 4.88 Å². The molecule has 0 saturated heterocycles. The number of rotatable bonds is 4. The van der Waals surface area contributed by atoms with E-state index in [1.807, 2.05) is 19.2 Å². The lowest BCUT2D eigenvalue weighted by Gasteiger charge is -2.15. The molecule has 2 aromatic rings. The number of ether oxygens (including phenoxy) is 1. The first-order valence-corrected chi connectivity index (χ1v) is 6.49. The van der Waals surface area contributed by atoms with Gasteiger partial charge in [0.05, 0.1) is 13.2 Å². The number of nitrogens with one attached hydrogen (secondary N) is 1. The molecule has 2 rings (SSSR count). The summed E-state index contributed by atoms with van der Waals surface area (Å²) in [5.74, 6) is 0.894. The average molecular weight is 247 g/mol. The van der Waals surface area contributed by atoms with Crippen molar-refractivity contribution in [2.24, 2.45) is 0 Å². The molecular formula is C14H17NOS. The zero-order chi connectivity index (χ0) is 12.3. The first-order chi connectivity index (χ1) is 8.24. The molecule has 0 amide bonds. The minimum Gasteiger partial charge on any atom is -0.497 e. The highest BCUT2D eigenvalue weighted by Crippen LogP contribution is 2.27. The van der Waals surface area contributed by atoms with Gasteiger partial charge in [-0.25, -0.2) is 0 Å². The van der Waals surface area contributed by atoms with E-state index in [1.165, 1.54) is 16.0 Å². The Labute approximate surface area is 106 Å². The number of hydrogen-bond donors (Lipinski definition) is 1. The SMILES string of the molecule is CNC(c1ccc(OC)cc1)c1csc(C)c1. The standard InChI is InChI=1S/C14H17NOS/c1-10-8-12(9-17-10)14(15-2)11-4-6-13(16-3)7-5-11/h4-9,14-15H,1-3H3. The lowest BCUT2D eigenvalue weighted by atomic mass is 10.0. The van der Waals surface area contributed by atoms with E-state index < -0.39 is 0 Å². The van der Waals surface area contributed by atoms with Gasteiger partial charge in [0.15, 0.2) is 0 Å². The van der Waals surface area contributed by atoms with Gasteiger partial charge in [-0.3, -0.25) is 0 Å². The third-order valence-corrected chi connectivity index (χ3v) is 3.70. The molecule has 0 bridgehead atoms. The highest BCUT2D eigenvalue weighted by molar-refractivity contribution is 7.10. The predicted octanol–water partition coefficient (Wildman–Crippen LogP) is 3.37. The van der Waals surface area contributed by atoms with Crippen LogP contribution in [0.15, 0.2) is 35.7 Å². The molecule has 1 unspecified atom stereocenters. The van der Waals surface area contributed by atoms with Gasteiger partial charge in [0.2, 0.25) is 0 Å². The molecule has 1 atom stereocenters. The highest BCUT2D eigenvalue weighted by Gasteiger charge is 2.12. The maximum Gasteiger partial charge on any atom is 0.118 e. The van der Waals surface area contributed by atoms with Gasteiger partial charge in [-0.05, 0) is 48.7 Å². The van der Waals surface area contributed by atoms with Crippen LogP contribution in [0.5, 0.6) is 5.75 Å². The summed E-state index contributed by atoms with van der Waals surface area (Å²) >= 11 is 1.79. The number of benzene rings is 1. The first kappa shape index (κ1) is 12.1. The van der Waals surface area contributed by atoms with Crippen molar-refractivity contribution in [3.8, 4) is 5.75 Å². The van der Waals surface area contributed by atoms with Crippen molar-refractivity contribution < 1.29 is 4.74 Å². The van der Waals surface area contributed by atoms with E-state index in [0.717, 1.165) is 5.75 Å². The summed E-state index contributed by atoms with van der Waals surface area (Å²) in [6.07, 6.45) is 0. The molecule has 0 aliphatic rings. The molecular weight excluding hydrogens is 230 g/mol. The van der Waals surface area contributed by atoms with Crippen LogP contribution in [0.1, 0.15) is 22.0 Å². The van der Waals surface area contributed by atoms with Gasteiger partial charge < -0.3 is 10.1 Å². The van der Waals surface area contributed by atoms with E-state index in [9.17, 15) is 0 Å². The van der Waals surface area contributed by atoms with E-state index in [-0.39, 0.29) is 6.04 Å². The minimum atomic E-state index is 0.255.